The van der Waals surface area contributed by atoms with E-state index in [0.29, 0.717) is 38.3 Å². The van der Waals surface area contributed by atoms with Gasteiger partial charge in [0.05, 0.1) is 34.0 Å². The fourth-order valence-corrected chi connectivity index (χ4v) is 8.83. The predicted molar refractivity (Wildman–Crippen MR) is 202 cm³/mol. The molecular weight excluding hydrogens is 702 g/mol. The molecule has 4 fully saturated rings. The number of likely N-dealkylation sites (tertiary alicyclic amines) is 1. The summed E-state index contributed by atoms with van der Waals surface area (Å²) >= 11 is 0. The number of carbonyl (C=O) groups is 5. The number of nitrogens with one attached hydrogen (secondary N) is 2. The number of anilines is 2. The third kappa shape index (κ3) is 6.31. The molecule has 3 atom stereocenters. The van der Waals surface area contributed by atoms with Gasteiger partial charge in [-0.05, 0) is 60.9 Å². The molecular formula is C40H41N9O6. The lowest BCUT2D eigenvalue weighted by Crippen LogP contribution is -2.54. The van der Waals surface area contributed by atoms with Crippen LogP contribution in [0.15, 0.2) is 59.7 Å². The van der Waals surface area contributed by atoms with Crippen molar-refractivity contribution in [1.82, 2.24) is 35.0 Å². The number of hydrogen-bond acceptors (Lipinski definition) is 11. The van der Waals surface area contributed by atoms with E-state index in [2.05, 4.69) is 35.0 Å². The number of H-pyrrole nitrogens is 1. The van der Waals surface area contributed by atoms with Gasteiger partial charge in [-0.3, -0.25) is 48.9 Å². The highest BCUT2D eigenvalue weighted by molar-refractivity contribution is 6.23. The van der Waals surface area contributed by atoms with Crippen LogP contribution in [0, 0.1) is 11.8 Å². The van der Waals surface area contributed by atoms with Crippen molar-refractivity contribution in [2.45, 2.75) is 38.8 Å². The lowest BCUT2D eigenvalue weighted by molar-refractivity contribution is -0.136. The normalized spacial score (nSPS) is 22.8. The molecule has 0 saturated carbocycles. The Morgan fingerprint density at radius 3 is 2.25 bits per heavy atom. The lowest BCUT2D eigenvalue weighted by atomic mass is 10.0. The Morgan fingerprint density at radius 2 is 1.55 bits per heavy atom. The molecule has 4 saturated heterocycles. The van der Waals surface area contributed by atoms with Crippen LogP contribution in [0.1, 0.15) is 62.1 Å². The Morgan fingerprint density at radius 1 is 0.800 bits per heavy atom. The summed E-state index contributed by atoms with van der Waals surface area (Å²) in [5.41, 5.74) is 6.05. The van der Waals surface area contributed by atoms with Crippen molar-refractivity contribution in [1.29, 1.82) is 0 Å². The van der Waals surface area contributed by atoms with Crippen LogP contribution >= 0.6 is 0 Å². The first-order chi connectivity index (χ1) is 26.6. The zero-order chi connectivity index (χ0) is 38.0. The summed E-state index contributed by atoms with van der Waals surface area (Å²) in [5.74, 6) is -1.64. The molecule has 5 aliphatic rings. The first kappa shape index (κ1) is 34.8. The largest absolute Gasteiger partial charge is 0.371 e. The van der Waals surface area contributed by atoms with Crippen LogP contribution in [0.25, 0.3) is 11.0 Å². The van der Waals surface area contributed by atoms with E-state index in [1.165, 1.54) is 0 Å². The smallest absolute Gasteiger partial charge is 0.272 e. The first-order valence-corrected chi connectivity index (χ1v) is 19.0. The second kappa shape index (κ2) is 13.7. The number of piperidine rings is 1. The molecule has 2 N–H and O–H groups in total. The fraction of sp³-hybridized carbons (Fsp3) is 0.400. The predicted octanol–water partition coefficient (Wildman–Crippen LogP) is 1.81. The second-order valence-electron chi connectivity index (χ2n) is 15.2. The number of amides is 5. The highest BCUT2D eigenvalue weighted by Gasteiger charge is 2.46. The van der Waals surface area contributed by atoms with Crippen molar-refractivity contribution < 1.29 is 24.0 Å². The number of aryl methyl sites for hydroxylation is 1. The van der Waals surface area contributed by atoms with Crippen LogP contribution in [0.4, 0.5) is 11.4 Å². The van der Waals surface area contributed by atoms with Gasteiger partial charge >= 0.3 is 0 Å². The van der Waals surface area contributed by atoms with Gasteiger partial charge in [-0.15, -0.1) is 0 Å². The average Bonchev–Trinajstić information content (AvgIpc) is 3.85. The summed E-state index contributed by atoms with van der Waals surface area (Å²) in [4.78, 5) is 98.2. The van der Waals surface area contributed by atoms with Crippen LogP contribution in [0.3, 0.4) is 0 Å². The Kier molecular flexibility index (Phi) is 8.67. The van der Waals surface area contributed by atoms with Gasteiger partial charge < -0.3 is 19.7 Å². The number of imide groups is 2. The Labute approximate surface area is 316 Å². The molecule has 15 heteroatoms. The number of carbonyl (C=O) groups excluding carboxylic acids is 5. The Hall–Kier alpha value is -5.96. The zero-order valence-electron chi connectivity index (χ0n) is 30.5. The van der Waals surface area contributed by atoms with E-state index in [4.69, 9.17) is 0 Å². The zero-order valence-corrected chi connectivity index (χ0v) is 30.5. The monoisotopic (exact) mass is 743 g/mol. The van der Waals surface area contributed by atoms with E-state index in [-0.39, 0.29) is 47.3 Å². The maximum atomic E-state index is 13.5. The number of fused-ring (bicyclic) bond motifs is 3. The molecule has 55 heavy (non-hydrogen) atoms. The molecule has 4 aromatic rings. The van der Waals surface area contributed by atoms with Gasteiger partial charge in [0, 0.05) is 94.6 Å². The van der Waals surface area contributed by atoms with Crippen molar-refractivity contribution >= 4 is 51.9 Å². The molecule has 0 radical (unpaired) electrons. The standard InChI is InChI=1S/C40H41N9O6/c1-2-24-14-32-33(43-36(24)51)13-23(16-41-32)18-45-9-11-46(12-10-45)28-4-6-31(42-17-28)40(55)48-21-25-19-47(20-26(25)22-48)27-3-5-29-30(15-27)39(54)49(38(29)53)34-7-8-35(50)44-37(34)52/h3-6,13-17,25-26,34H,2,7-12,18-22H2,1H3,(H,43,51)(H,44,50,52)/t25-,26+,34-/m0/s1. The van der Waals surface area contributed by atoms with Crippen LogP contribution < -0.4 is 20.7 Å². The van der Waals surface area contributed by atoms with Crippen molar-refractivity contribution in [2.75, 3.05) is 62.2 Å². The van der Waals surface area contributed by atoms with Gasteiger partial charge in [0.25, 0.3) is 23.3 Å². The molecule has 0 bridgehead atoms. The SMILES string of the molecule is CCc1cc2ncc(CN3CCN(c4ccc(C(=O)N5C[C@@H]6CN(c7ccc8c(c7)C(=O)N([C@H]7CCC(=O)NC7=O)C8=O)C[C@@H]6C5)nc4)CC3)cc2[nH]c1=O. The molecule has 15 nitrogen and oxygen atoms in total. The summed E-state index contributed by atoms with van der Waals surface area (Å²) < 4.78 is 0. The summed E-state index contributed by atoms with van der Waals surface area (Å²) in [6, 6.07) is 11.9. The fourth-order valence-electron chi connectivity index (χ4n) is 8.83. The molecule has 282 valence electrons. The maximum Gasteiger partial charge on any atom is 0.272 e. The summed E-state index contributed by atoms with van der Waals surface area (Å²) in [6.45, 7) is 8.71. The van der Waals surface area contributed by atoms with Gasteiger partial charge in [0.2, 0.25) is 11.8 Å². The number of benzene rings is 1. The second-order valence-corrected chi connectivity index (χ2v) is 15.2. The van der Waals surface area contributed by atoms with Crippen molar-refractivity contribution in [3.63, 3.8) is 0 Å². The van der Waals surface area contributed by atoms with E-state index in [1.54, 1.807) is 18.3 Å². The number of nitrogens with zero attached hydrogens (tertiary/aromatic N) is 7. The Bertz CT molecular complexity index is 2300. The van der Waals surface area contributed by atoms with Gasteiger partial charge in [-0.1, -0.05) is 6.92 Å². The quantitative estimate of drug-likeness (QED) is 0.265. The highest BCUT2D eigenvalue weighted by atomic mass is 16.2. The van der Waals surface area contributed by atoms with E-state index >= 15 is 0 Å². The Balaban J connectivity index is 0.773. The molecule has 5 amide bonds. The molecule has 0 unspecified atom stereocenters. The topological polar surface area (TPSA) is 172 Å². The number of rotatable bonds is 7. The molecule has 9 rings (SSSR count). The number of aromatic nitrogens is 3. The third-order valence-corrected chi connectivity index (χ3v) is 11.9. The lowest BCUT2D eigenvalue weighted by Gasteiger charge is -2.36. The minimum atomic E-state index is -1.000. The first-order valence-electron chi connectivity index (χ1n) is 19.0. The molecule has 5 aliphatic heterocycles. The van der Waals surface area contributed by atoms with E-state index in [9.17, 15) is 28.8 Å². The van der Waals surface area contributed by atoms with Gasteiger partial charge in [0.15, 0.2) is 0 Å². The number of aromatic amines is 1. The highest BCUT2D eigenvalue weighted by Crippen LogP contribution is 2.37. The van der Waals surface area contributed by atoms with Gasteiger partial charge in [-0.2, -0.15) is 0 Å². The van der Waals surface area contributed by atoms with E-state index in [0.717, 1.165) is 71.2 Å². The number of pyridine rings is 3. The van der Waals surface area contributed by atoms with Crippen molar-refractivity contribution in [3.05, 3.63) is 93.2 Å². The third-order valence-electron chi connectivity index (χ3n) is 11.9. The molecule has 0 spiro atoms. The maximum absolute atomic E-state index is 13.5. The summed E-state index contributed by atoms with van der Waals surface area (Å²) in [7, 11) is 0. The molecule has 0 aliphatic carbocycles. The molecule has 8 heterocycles. The van der Waals surface area contributed by atoms with Gasteiger partial charge in [-0.25, -0.2) is 4.98 Å². The van der Waals surface area contributed by atoms with Crippen LogP contribution in [-0.2, 0) is 22.6 Å². The average molecular weight is 744 g/mol. The molecule has 3 aromatic heterocycles. The van der Waals surface area contributed by atoms with Gasteiger partial charge in [0.1, 0.15) is 11.7 Å². The number of piperazine rings is 1. The van der Waals surface area contributed by atoms with E-state index < -0.39 is 29.7 Å². The van der Waals surface area contributed by atoms with Crippen LogP contribution in [0.2, 0.25) is 0 Å². The van der Waals surface area contributed by atoms with Crippen molar-refractivity contribution in [2.24, 2.45) is 11.8 Å². The molecule has 1 aromatic carbocycles. The summed E-state index contributed by atoms with van der Waals surface area (Å²) in [5, 5.41) is 2.23. The minimum absolute atomic E-state index is 0.0591. The van der Waals surface area contributed by atoms with Crippen LogP contribution in [-0.4, -0.2) is 118 Å². The van der Waals surface area contributed by atoms with Crippen molar-refractivity contribution in [3.8, 4) is 0 Å². The summed E-state index contributed by atoms with van der Waals surface area (Å²) in [6.07, 6.45) is 4.53. The minimum Gasteiger partial charge on any atom is -0.371 e. The number of hydrogen-bond donors (Lipinski definition) is 2. The van der Waals surface area contributed by atoms with E-state index in [1.807, 2.05) is 48.4 Å². The van der Waals surface area contributed by atoms with Crippen LogP contribution in [0.5, 0.6) is 0 Å².